The first-order valence-corrected chi connectivity index (χ1v) is 33.9. The van der Waals surface area contributed by atoms with Gasteiger partial charge in [-0.1, -0.05) is 0 Å². The first-order chi connectivity index (χ1) is 23.3. The van der Waals surface area contributed by atoms with E-state index in [1.165, 1.54) is 21.2 Å². The van der Waals surface area contributed by atoms with Gasteiger partial charge in [-0.15, -0.1) is 0 Å². The quantitative estimate of drug-likeness (QED) is 0.131. The Labute approximate surface area is 320 Å². The van der Waals surface area contributed by atoms with Gasteiger partial charge < -0.3 is 0 Å². The minimum absolute atomic E-state index is 0.104. The Morgan fingerprint density at radius 2 is 0.640 bits per heavy atom. The summed E-state index contributed by atoms with van der Waals surface area (Å²) in [6, 6.07) is 44.1. The predicted octanol–water partition coefficient (Wildman–Crippen LogP) is 9.91. The molecule has 12 heteroatoms. The van der Waals surface area contributed by atoms with Crippen LogP contribution >= 0.6 is 14.4 Å². The van der Waals surface area contributed by atoms with Gasteiger partial charge >= 0.3 is 323 Å². The van der Waals surface area contributed by atoms with Gasteiger partial charge in [0, 0.05) is 0 Å². The molecule has 0 aromatic heterocycles. The van der Waals surface area contributed by atoms with Crippen LogP contribution in [0.25, 0.3) is 0 Å². The molecule has 1 heterocycles. The van der Waals surface area contributed by atoms with Crippen LogP contribution in [0.1, 0.15) is 41.5 Å². The third-order valence-corrected chi connectivity index (χ3v) is 45.8. The SMILES string of the molecule is CC(C)(C)N1[Te](=NP(=N[Si](C)(C)C)(c2ccccc2)c2ccccc2)N(C(C)(C)C)[Te]1=NP(=N[Si](C)(C)C)(c1ccccc1)c1ccccc1. The third-order valence-electron chi connectivity index (χ3n) is 7.43. The van der Waals surface area contributed by atoms with Crippen LogP contribution in [0.4, 0.5) is 0 Å². The topological polar surface area (TPSA) is 55.9 Å². The Morgan fingerprint density at radius 1 is 0.420 bits per heavy atom. The third kappa shape index (κ3) is 8.97. The van der Waals surface area contributed by atoms with Crippen molar-refractivity contribution in [1.29, 1.82) is 0 Å². The fraction of sp³-hybridized carbons (Fsp3) is 0.368. The van der Waals surface area contributed by atoms with Gasteiger partial charge in [0.2, 0.25) is 0 Å². The summed E-state index contributed by atoms with van der Waals surface area (Å²) in [4.78, 5) is 0. The van der Waals surface area contributed by atoms with Crippen molar-refractivity contribution < 1.29 is 0 Å². The second-order valence-corrected chi connectivity index (χ2v) is 45.9. The molecule has 0 unspecified atom stereocenters. The molecule has 0 amide bonds. The standard InChI is InChI=1S/C38H56N6P2Si2Te2/c1-37(2,3)43-49(41-45(39-47(7,8)9,33-25-17-13-18-26-33)34-27-19-14-20-28-34)44(38(4,5)6)50(43)42-46(40-48(10,11)12,35-29-21-15-22-30-35)36-31-23-16-24-32-36/h13-32H,1-12H3. The molecule has 0 spiro atoms. The second kappa shape index (κ2) is 15.3. The molecule has 1 aliphatic heterocycles. The van der Waals surface area contributed by atoms with Gasteiger partial charge in [0.15, 0.2) is 0 Å². The fourth-order valence-electron chi connectivity index (χ4n) is 5.72. The van der Waals surface area contributed by atoms with E-state index in [1.54, 1.807) is 0 Å². The maximum atomic E-state index is 6.31. The molecular formula is C38H56N6P2Si2Te2. The van der Waals surface area contributed by atoms with Crippen LogP contribution in [0.3, 0.4) is 0 Å². The number of benzene rings is 4. The van der Waals surface area contributed by atoms with Gasteiger partial charge in [-0.05, 0) is 0 Å². The maximum absolute atomic E-state index is 6.31. The van der Waals surface area contributed by atoms with Crippen LogP contribution in [0.5, 0.6) is 0 Å². The average Bonchev–Trinajstić information content (AvgIpc) is 3.02. The number of hydrogen-bond acceptors (Lipinski definition) is 2. The molecule has 0 aliphatic carbocycles. The van der Waals surface area contributed by atoms with E-state index in [4.69, 9.17) is 14.7 Å². The van der Waals surface area contributed by atoms with Gasteiger partial charge in [-0.3, -0.25) is 0 Å². The first-order valence-electron chi connectivity index (χ1n) is 17.3. The molecule has 0 radical (unpaired) electrons. The van der Waals surface area contributed by atoms with Crippen molar-refractivity contribution in [1.82, 2.24) is 2.80 Å². The van der Waals surface area contributed by atoms with Crippen molar-refractivity contribution in [2.45, 2.75) is 91.9 Å². The van der Waals surface area contributed by atoms with E-state index in [0.717, 1.165) is 0 Å². The van der Waals surface area contributed by atoms with Crippen molar-refractivity contribution in [3.05, 3.63) is 121 Å². The summed E-state index contributed by atoms with van der Waals surface area (Å²) in [7, 11) is -8.93. The van der Waals surface area contributed by atoms with Crippen LogP contribution in [0, 0.1) is 0 Å². The summed E-state index contributed by atoms with van der Waals surface area (Å²) >= 11 is -5.27. The van der Waals surface area contributed by atoms with Gasteiger partial charge in [0.05, 0.1) is 0 Å². The summed E-state index contributed by atoms with van der Waals surface area (Å²) in [5.41, 5.74) is -0.209. The molecule has 50 heavy (non-hydrogen) atoms. The van der Waals surface area contributed by atoms with E-state index in [0.29, 0.717) is 0 Å². The van der Waals surface area contributed by atoms with Crippen molar-refractivity contribution in [3.63, 3.8) is 0 Å². The van der Waals surface area contributed by atoms with Gasteiger partial charge in [0.25, 0.3) is 0 Å². The Balaban J connectivity index is 1.94. The summed E-state index contributed by atoms with van der Waals surface area (Å²) in [6.45, 7) is 28.5. The van der Waals surface area contributed by atoms with Crippen LogP contribution in [-0.2, 0) is 0 Å². The van der Waals surface area contributed by atoms with Gasteiger partial charge in [0.1, 0.15) is 0 Å². The molecule has 6 nitrogen and oxygen atoms in total. The zero-order valence-electron chi connectivity index (χ0n) is 31.9. The molecule has 0 N–H and O–H groups in total. The summed E-state index contributed by atoms with van der Waals surface area (Å²) in [5, 5.41) is 5.03. The summed E-state index contributed by atoms with van der Waals surface area (Å²) in [6.07, 6.45) is 0. The predicted molar refractivity (Wildman–Crippen MR) is 229 cm³/mol. The number of nitrogens with zero attached hydrogens (tertiary/aromatic N) is 6. The van der Waals surface area contributed by atoms with E-state index >= 15 is 0 Å². The van der Waals surface area contributed by atoms with Crippen molar-refractivity contribution in [2.75, 3.05) is 0 Å². The van der Waals surface area contributed by atoms with Crippen LogP contribution < -0.4 is 21.2 Å². The molecule has 4 aromatic carbocycles. The molecule has 1 saturated heterocycles. The van der Waals surface area contributed by atoms with E-state index in [9.17, 15) is 0 Å². The Morgan fingerprint density at radius 3 is 0.820 bits per heavy atom. The van der Waals surface area contributed by atoms with E-state index < -0.39 is 70.7 Å². The molecule has 0 saturated carbocycles. The summed E-state index contributed by atoms with van der Waals surface area (Å²) in [5.74, 6) is 0. The average molecular weight is 970 g/mol. The van der Waals surface area contributed by atoms with Gasteiger partial charge in [-0.25, -0.2) is 0 Å². The molecular weight excluding hydrogens is 914 g/mol. The van der Waals surface area contributed by atoms with Gasteiger partial charge in [-0.2, -0.15) is 0 Å². The molecule has 0 bridgehead atoms. The van der Waals surface area contributed by atoms with E-state index in [1.807, 2.05) is 0 Å². The molecule has 1 aliphatic rings. The second-order valence-electron chi connectivity index (χ2n) is 16.6. The normalized spacial score (nSPS) is 16.1. The van der Waals surface area contributed by atoms with Crippen LogP contribution in [-0.4, -0.2) is 70.2 Å². The molecule has 5 rings (SSSR count). The Kier molecular flexibility index (Phi) is 12.3. The minimum atomic E-state index is -2.63. The van der Waals surface area contributed by atoms with Crippen LogP contribution in [0.2, 0.25) is 39.3 Å². The van der Waals surface area contributed by atoms with E-state index in [2.05, 4.69) is 205 Å². The Hall–Kier alpha value is -1.13. The van der Waals surface area contributed by atoms with Crippen molar-refractivity contribution in [2.24, 2.45) is 14.7 Å². The molecule has 0 atom stereocenters. The Bertz CT molecular complexity index is 1720. The van der Waals surface area contributed by atoms with E-state index in [-0.39, 0.29) is 11.1 Å². The zero-order valence-corrected chi connectivity index (χ0v) is 40.4. The monoisotopic (exact) mass is 974 g/mol. The summed E-state index contributed by atoms with van der Waals surface area (Å²) < 4.78 is 30.2. The first kappa shape index (κ1) is 40.1. The number of rotatable bonds is 8. The zero-order chi connectivity index (χ0) is 36.6. The molecule has 4 aromatic rings. The molecule has 268 valence electrons. The van der Waals surface area contributed by atoms with Crippen molar-refractivity contribution in [3.8, 4) is 0 Å². The van der Waals surface area contributed by atoms with Crippen molar-refractivity contribution >= 4 is 91.9 Å². The number of hydrogen-bond donors (Lipinski definition) is 0. The van der Waals surface area contributed by atoms with Crippen LogP contribution in [0.15, 0.2) is 136 Å². The molecule has 1 fully saturated rings. The fourth-order valence-corrected chi connectivity index (χ4v) is 50.8.